The van der Waals surface area contributed by atoms with Crippen LogP contribution < -0.4 is 11.1 Å². The summed E-state index contributed by atoms with van der Waals surface area (Å²) in [5, 5.41) is 3.07. The topological polar surface area (TPSA) is 50.6 Å². The molecule has 2 heterocycles. The third-order valence-corrected chi connectivity index (χ3v) is 5.41. The van der Waals surface area contributed by atoms with E-state index in [0.717, 1.165) is 12.1 Å². The molecule has 0 radical (unpaired) electrons. The molecule has 1 saturated heterocycles. The van der Waals surface area contributed by atoms with E-state index in [1.807, 2.05) is 0 Å². The van der Waals surface area contributed by atoms with Crippen LogP contribution in [0.2, 0.25) is 0 Å². The molecule has 0 bridgehead atoms. The zero-order chi connectivity index (χ0) is 20.3. The number of benzene rings is 2. The van der Waals surface area contributed by atoms with Crippen molar-refractivity contribution in [2.75, 3.05) is 17.7 Å². The average molecular weight is 396 g/mol. The fourth-order valence-electron chi connectivity index (χ4n) is 4.00. The molecule has 0 saturated carbocycles. The maximum atomic E-state index is 14.6. The molecule has 3 atom stereocenters. The van der Waals surface area contributed by atoms with Crippen LogP contribution in [-0.2, 0) is 4.74 Å². The molecule has 3 nitrogen and oxygen atoms in total. The number of alkyl halides is 3. The van der Waals surface area contributed by atoms with Gasteiger partial charge in [0.25, 0.3) is 0 Å². The number of rotatable bonds is 3. The average Bonchev–Trinajstić information content (AvgIpc) is 3.38. The fourth-order valence-corrected chi connectivity index (χ4v) is 4.00. The van der Waals surface area contributed by atoms with Crippen LogP contribution in [0.4, 0.5) is 33.3 Å². The minimum absolute atomic E-state index is 0.275. The van der Waals surface area contributed by atoms with E-state index in [1.54, 1.807) is 24.3 Å². The molecule has 4 rings (SSSR count). The molecule has 2 aliphatic heterocycles. The Bertz CT molecular complexity index is 968. The number of nitrogens with one attached hydrogen (secondary N) is 1. The summed E-state index contributed by atoms with van der Waals surface area (Å²) in [6.07, 6.45) is -1.61. The Labute approximate surface area is 158 Å². The Morgan fingerprint density at radius 1 is 1.18 bits per heavy atom. The van der Waals surface area contributed by atoms with Gasteiger partial charge in [-0.25, -0.2) is 8.78 Å². The number of hydrogen-bond acceptors (Lipinski definition) is 3. The van der Waals surface area contributed by atoms with E-state index in [9.17, 15) is 22.0 Å². The highest BCUT2D eigenvalue weighted by atomic mass is 19.4. The molecule has 0 aliphatic carbocycles. The molecule has 2 aromatic rings. The van der Waals surface area contributed by atoms with Gasteiger partial charge in [0.15, 0.2) is 5.60 Å². The molecule has 0 aromatic heterocycles. The van der Waals surface area contributed by atoms with Gasteiger partial charge >= 0.3 is 6.18 Å². The number of nitrogen functional groups attached to an aromatic ring is 1. The molecule has 3 unspecified atom stereocenters. The van der Waals surface area contributed by atoms with E-state index >= 15 is 0 Å². The number of hydrogen-bond donors (Lipinski definition) is 2. The van der Waals surface area contributed by atoms with Crippen molar-refractivity contribution in [2.45, 2.75) is 30.2 Å². The summed E-state index contributed by atoms with van der Waals surface area (Å²) >= 11 is 0. The summed E-state index contributed by atoms with van der Waals surface area (Å²) in [5.41, 5.74) is 3.33. The van der Waals surface area contributed by atoms with Crippen LogP contribution in [0.5, 0.6) is 0 Å². The summed E-state index contributed by atoms with van der Waals surface area (Å²) in [6, 6.07) is 7.59. The van der Waals surface area contributed by atoms with Gasteiger partial charge in [-0.3, -0.25) is 0 Å². The van der Waals surface area contributed by atoms with E-state index in [4.69, 9.17) is 10.5 Å². The lowest BCUT2D eigenvalue weighted by molar-refractivity contribution is -0.193. The lowest BCUT2D eigenvalue weighted by atomic mass is 9.70. The molecule has 2 aliphatic rings. The number of fused-ring (bicyclic) bond motifs is 1. The Morgan fingerprint density at radius 2 is 1.89 bits per heavy atom. The minimum atomic E-state index is -4.74. The smallest absolute Gasteiger partial charge is 0.398 e. The van der Waals surface area contributed by atoms with Gasteiger partial charge in [-0.1, -0.05) is 24.3 Å². The molecule has 8 heteroatoms. The van der Waals surface area contributed by atoms with Crippen LogP contribution in [0.15, 0.2) is 42.5 Å². The van der Waals surface area contributed by atoms with Gasteiger partial charge in [-0.2, -0.15) is 13.2 Å². The van der Waals surface area contributed by atoms with Gasteiger partial charge in [0.2, 0.25) is 0 Å². The van der Waals surface area contributed by atoms with Crippen LogP contribution in [0.1, 0.15) is 24.0 Å². The Kier molecular flexibility index (Phi) is 3.98. The quantitative estimate of drug-likeness (QED) is 0.443. The molecular weight excluding hydrogens is 379 g/mol. The maximum absolute atomic E-state index is 14.6. The largest absolute Gasteiger partial charge is 0.420 e. The number of halogens is 5. The first-order valence-electron chi connectivity index (χ1n) is 8.59. The number of nitrogens with two attached hydrogens (primary N) is 1. The Balaban J connectivity index is 1.88. The van der Waals surface area contributed by atoms with Crippen LogP contribution in [0, 0.1) is 11.6 Å². The van der Waals surface area contributed by atoms with Crippen LogP contribution >= 0.6 is 0 Å². The molecule has 0 amide bonds. The van der Waals surface area contributed by atoms with Gasteiger partial charge in [0, 0.05) is 23.0 Å². The first-order valence-corrected chi connectivity index (χ1v) is 8.59. The van der Waals surface area contributed by atoms with Crippen LogP contribution in [0.3, 0.4) is 0 Å². The second kappa shape index (κ2) is 5.94. The lowest BCUT2D eigenvalue weighted by Crippen LogP contribution is -2.53. The summed E-state index contributed by atoms with van der Waals surface area (Å²) < 4.78 is 74.7. The highest BCUT2D eigenvalue weighted by Crippen LogP contribution is 2.58. The summed E-state index contributed by atoms with van der Waals surface area (Å²) in [6.45, 7) is 0.922. The molecule has 3 N–H and O–H groups in total. The van der Waals surface area contributed by atoms with Crippen molar-refractivity contribution in [1.29, 1.82) is 0 Å². The Hall–Kier alpha value is -2.61. The zero-order valence-corrected chi connectivity index (χ0v) is 14.8. The van der Waals surface area contributed by atoms with E-state index in [-0.39, 0.29) is 5.56 Å². The van der Waals surface area contributed by atoms with Gasteiger partial charge in [0.05, 0.1) is 18.1 Å². The van der Waals surface area contributed by atoms with Crippen molar-refractivity contribution in [1.82, 2.24) is 0 Å². The SMILES string of the molecule is CC1(C(c2ccc(F)cc2F)C2(C(F)(F)F)CO2)C=Cc2c(N)cccc2N1. The van der Waals surface area contributed by atoms with Crippen molar-refractivity contribution in [3.63, 3.8) is 0 Å². The first-order chi connectivity index (χ1) is 13.1. The van der Waals surface area contributed by atoms with Gasteiger partial charge in [0.1, 0.15) is 11.6 Å². The molecule has 2 aromatic carbocycles. The van der Waals surface area contributed by atoms with E-state index < -0.39 is 41.5 Å². The normalized spacial score (nSPS) is 27.1. The third kappa shape index (κ3) is 2.74. The highest BCUT2D eigenvalue weighted by Gasteiger charge is 2.73. The van der Waals surface area contributed by atoms with Crippen LogP contribution in [0.25, 0.3) is 6.08 Å². The fraction of sp³-hybridized carbons (Fsp3) is 0.300. The minimum Gasteiger partial charge on any atom is -0.398 e. The van der Waals surface area contributed by atoms with Gasteiger partial charge in [-0.15, -0.1) is 0 Å². The van der Waals surface area contributed by atoms with E-state index in [2.05, 4.69) is 5.32 Å². The van der Waals surface area contributed by atoms with Crippen molar-refractivity contribution < 1.29 is 26.7 Å². The Morgan fingerprint density at radius 3 is 2.50 bits per heavy atom. The summed E-state index contributed by atoms with van der Waals surface area (Å²) in [4.78, 5) is 0. The number of epoxide rings is 1. The van der Waals surface area contributed by atoms with E-state index in [0.29, 0.717) is 23.0 Å². The highest BCUT2D eigenvalue weighted by molar-refractivity contribution is 5.81. The standard InChI is InChI=1S/C20H17F5N2O/c1-18(8-7-13-15(26)3-2-4-16(13)27-18)17(19(10-28-19)20(23,24)25)12-6-5-11(21)9-14(12)22/h2-9,17,27H,10,26H2,1H3. The predicted molar refractivity (Wildman–Crippen MR) is 95.8 cm³/mol. The van der Waals surface area contributed by atoms with Crippen LogP contribution in [-0.4, -0.2) is 23.9 Å². The molecule has 148 valence electrons. The number of ether oxygens (including phenoxy) is 1. The summed E-state index contributed by atoms with van der Waals surface area (Å²) in [7, 11) is 0. The molecule has 0 spiro atoms. The van der Waals surface area contributed by atoms with Crippen molar-refractivity contribution in [2.24, 2.45) is 0 Å². The van der Waals surface area contributed by atoms with Gasteiger partial charge < -0.3 is 15.8 Å². The summed E-state index contributed by atoms with van der Waals surface area (Å²) in [5.74, 6) is -3.42. The monoisotopic (exact) mass is 396 g/mol. The zero-order valence-electron chi connectivity index (χ0n) is 14.8. The lowest BCUT2D eigenvalue weighted by Gasteiger charge is -2.43. The molecule has 1 fully saturated rings. The second-order valence-electron chi connectivity index (χ2n) is 7.32. The maximum Gasteiger partial charge on any atom is 0.420 e. The van der Waals surface area contributed by atoms with Crippen molar-refractivity contribution in [3.8, 4) is 0 Å². The first kappa shape index (κ1) is 18.7. The van der Waals surface area contributed by atoms with E-state index in [1.165, 1.54) is 13.0 Å². The molecule has 28 heavy (non-hydrogen) atoms. The van der Waals surface area contributed by atoms with Crippen molar-refractivity contribution >= 4 is 17.5 Å². The number of anilines is 2. The second-order valence-corrected chi connectivity index (χ2v) is 7.32. The third-order valence-electron chi connectivity index (χ3n) is 5.41. The van der Waals surface area contributed by atoms with Crippen molar-refractivity contribution in [3.05, 3.63) is 65.2 Å². The van der Waals surface area contributed by atoms with Gasteiger partial charge in [-0.05, 0) is 30.7 Å². The predicted octanol–water partition coefficient (Wildman–Crippen LogP) is 4.86. The molecular formula is C20H17F5N2O.